The van der Waals surface area contributed by atoms with Gasteiger partial charge in [0.2, 0.25) is 5.91 Å². The molecule has 1 aliphatic rings. The van der Waals surface area contributed by atoms with Gasteiger partial charge in [0.25, 0.3) is 0 Å². The topological polar surface area (TPSA) is 56.1 Å². The first-order valence-electron chi connectivity index (χ1n) is 7.30. The van der Waals surface area contributed by atoms with E-state index in [1.165, 1.54) is 0 Å². The Labute approximate surface area is 130 Å². The van der Waals surface area contributed by atoms with Gasteiger partial charge in [-0.25, -0.2) is 0 Å². The van der Waals surface area contributed by atoms with E-state index in [0.717, 1.165) is 38.0 Å². The second-order valence-electron chi connectivity index (χ2n) is 5.37. The van der Waals surface area contributed by atoms with E-state index in [4.69, 9.17) is 16.9 Å². The third-order valence-electron chi connectivity index (χ3n) is 3.88. The van der Waals surface area contributed by atoms with Crippen molar-refractivity contribution >= 4 is 17.5 Å². The van der Waals surface area contributed by atoms with Crippen LogP contribution in [-0.2, 0) is 11.3 Å². The maximum atomic E-state index is 12.2. The van der Waals surface area contributed by atoms with Crippen LogP contribution in [0.2, 0.25) is 5.02 Å². The van der Waals surface area contributed by atoms with Crippen molar-refractivity contribution in [3.63, 3.8) is 0 Å². The number of amides is 1. The first-order chi connectivity index (χ1) is 10.2. The zero-order valence-electron chi connectivity index (χ0n) is 12.0. The lowest BCUT2D eigenvalue weighted by Crippen LogP contribution is -2.40. The molecule has 0 saturated carbocycles. The van der Waals surface area contributed by atoms with E-state index in [1.54, 1.807) is 0 Å². The van der Waals surface area contributed by atoms with Crippen molar-refractivity contribution in [1.29, 1.82) is 5.26 Å². The summed E-state index contributed by atoms with van der Waals surface area (Å²) in [6.07, 6.45) is 2.31. The van der Waals surface area contributed by atoms with Crippen LogP contribution in [0.15, 0.2) is 24.3 Å². The Balaban J connectivity index is 1.72. The van der Waals surface area contributed by atoms with Crippen LogP contribution >= 0.6 is 11.6 Å². The van der Waals surface area contributed by atoms with Crippen LogP contribution in [0, 0.1) is 17.2 Å². The summed E-state index contributed by atoms with van der Waals surface area (Å²) in [4.78, 5) is 14.4. The number of carbonyl (C=O) groups is 1. The van der Waals surface area contributed by atoms with Gasteiger partial charge in [0.1, 0.15) is 0 Å². The molecule has 1 aromatic carbocycles. The van der Waals surface area contributed by atoms with Crippen LogP contribution in [-0.4, -0.2) is 30.4 Å². The molecule has 112 valence electrons. The lowest BCUT2D eigenvalue weighted by atomic mass is 9.95. The molecule has 0 radical (unpaired) electrons. The largest absolute Gasteiger partial charge is 0.352 e. The fraction of sp³-hybridized carbons (Fsp3) is 0.500. The van der Waals surface area contributed by atoms with E-state index in [2.05, 4.69) is 16.3 Å². The number of nitriles is 1. The van der Waals surface area contributed by atoms with Crippen LogP contribution in [0.1, 0.15) is 24.8 Å². The minimum absolute atomic E-state index is 0.0932. The second kappa shape index (κ2) is 8.02. The van der Waals surface area contributed by atoms with Crippen LogP contribution < -0.4 is 5.32 Å². The molecule has 1 heterocycles. The predicted molar refractivity (Wildman–Crippen MR) is 82.7 cm³/mol. The Hall–Kier alpha value is -1.57. The molecule has 0 aromatic heterocycles. The quantitative estimate of drug-likeness (QED) is 0.909. The smallest absolute Gasteiger partial charge is 0.223 e. The Bertz CT molecular complexity index is 501. The number of rotatable bonds is 5. The molecule has 0 atom stereocenters. The van der Waals surface area contributed by atoms with Crippen molar-refractivity contribution in [2.75, 3.05) is 19.6 Å². The Morgan fingerprint density at radius 3 is 2.62 bits per heavy atom. The third-order valence-corrected chi connectivity index (χ3v) is 4.13. The molecular weight excluding hydrogens is 286 g/mol. The van der Waals surface area contributed by atoms with Gasteiger partial charge in [0, 0.05) is 30.5 Å². The number of nitrogens with zero attached hydrogens (tertiary/aromatic N) is 2. The van der Waals surface area contributed by atoms with Gasteiger partial charge in [-0.1, -0.05) is 23.7 Å². The first-order valence-corrected chi connectivity index (χ1v) is 7.68. The molecule has 5 heteroatoms. The molecule has 1 aromatic rings. The molecule has 0 aliphatic carbocycles. The lowest BCUT2D eigenvalue weighted by molar-refractivity contribution is -0.126. The Morgan fingerprint density at radius 2 is 2.00 bits per heavy atom. The summed E-state index contributed by atoms with van der Waals surface area (Å²) < 4.78 is 0. The molecule has 1 fully saturated rings. The summed E-state index contributed by atoms with van der Waals surface area (Å²) in [5.41, 5.74) is 1.05. The number of piperidine rings is 1. The van der Waals surface area contributed by atoms with Gasteiger partial charge in [0.15, 0.2) is 0 Å². The zero-order chi connectivity index (χ0) is 15.1. The zero-order valence-corrected chi connectivity index (χ0v) is 12.8. The maximum Gasteiger partial charge on any atom is 0.223 e. The summed E-state index contributed by atoms with van der Waals surface area (Å²) in [7, 11) is 0. The van der Waals surface area contributed by atoms with Gasteiger partial charge in [-0.3, -0.25) is 4.79 Å². The summed E-state index contributed by atoms with van der Waals surface area (Å²) in [6.45, 7) is 3.17. The van der Waals surface area contributed by atoms with E-state index in [1.807, 2.05) is 24.3 Å². The number of carbonyl (C=O) groups excluding carboxylic acids is 1. The highest BCUT2D eigenvalue weighted by Gasteiger charge is 2.24. The Morgan fingerprint density at radius 1 is 1.33 bits per heavy atom. The van der Waals surface area contributed by atoms with Gasteiger partial charge >= 0.3 is 0 Å². The summed E-state index contributed by atoms with van der Waals surface area (Å²) in [5.74, 6) is 0.223. The van der Waals surface area contributed by atoms with E-state index < -0.39 is 0 Å². The van der Waals surface area contributed by atoms with Crippen LogP contribution in [0.4, 0.5) is 0 Å². The van der Waals surface area contributed by atoms with Gasteiger partial charge in [0.05, 0.1) is 6.07 Å². The minimum Gasteiger partial charge on any atom is -0.352 e. The summed E-state index contributed by atoms with van der Waals surface area (Å²) >= 11 is 5.83. The van der Waals surface area contributed by atoms with Crippen molar-refractivity contribution in [2.45, 2.75) is 25.8 Å². The van der Waals surface area contributed by atoms with Crippen molar-refractivity contribution in [1.82, 2.24) is 10.2 Å². The van der Waals surface area contributed by atoms with E-state index in [-0.39, 0.29) is 11.8 Å². The molecule has 0 unspecified atom stereocenters. The maximum absolute atomic E-state index is 12.2. The molecule has 4 nitrogen and oxygen atoms in total. The number of hydrogen-bond donors (Lipinski definition) is 1. The van der Waals surface area contributed by atoms with Gasteiger partial charge in [-0.2, -0.15) is 5.26 Å². The Kier molecular flexibility index (Phi) is 6.04. The fourth-order valence-corrected chi connectivity index (χ4v) is 2.69. The van der Waals surface area contributed by atoms with Crippen LogP contribution in [0.25, 0.3) is 0 Å². The molecule has 2 rings (SSSR count). The fourth-order valence-electron chi connectivity index (χ4n) is 2.56. The highest BCUT2D eigenvalue weighted by molar-refractivity contribution is 6.30. The van der Waals surface area contributed by atoms with Crippen molar-refractivity contribution < 1.29 is 4.79 Å². The van der Waals surface area contributed by atoms with E-state index in [9.17, 15) is 4.79 Å². The van der Waals surface area contributed by atoms with Crippen LogP contribution in [0.3, 0.4) is 0 Å². The summed E-state index contributed by atoms with van der Waals surface area (Å²) in [6, 6.07) is 9.67. The number of likely N-dealkylation sites (tertiary alicyclic amines) is 1. The number of benzene rings is 1. The monoisotopic (exact) mass is 305 g/mol. The molecule has 1 saturated heterocycles. The standard InChI is InChI=1S/C16H20ClN3O/c17-15-4-2-13(3-5-15)12-19-16(21)14-6-10-20(11-7-14)9-1-8-18/h2-5,14H,1,6-7,9-12H2,(H,19,21). The molecule has 1 amide bonds. The first kappa shape index (κ1) is 15.8. The van der Waals surface area contributed by atoms with Crippen molar-refractivity contribution in [2.24, 2.45) is 5.92 Å². The van der Waals surface area contributed by atoms with Crippen LogP contribution in [0.5, 0.6) is 0 Å². The third kappa shape index (κ3) is 5.04. The highest BCUT2D eigenvalue weighted by Crippen LogP contribution is 2.17. The van der Waals surface area contributed by atoms with E-state index >= 15 is 0 Å². The minimum atomic E-state index is 0.0932. The molecule has 0 spiro atoms. The number of hydrogen-bond acceptors (Lipinski definition) is 3. The SMILES string of the molecule is N#CCCN1CCC(C(=O)NCc2ccc(Cl)cc2)CC1. The average molecular weight is 306 g/mol. The number of halogens is 1. The highest BCUT2D eigenvalue weighted by atomic mass is 35.5. The molecular formula is C16H20ClN3O. The molecule has 1 N–H and O–H groups in total. The predicted octanol–water partition coefficient (Wildman–Crippen LogP) is 2.58. The molecule has 1 aliphatic heterocycles. The molecule has 0 bridgehead atoms. The summed E-state index contributed by atoms with van der Waals surface area (Å²) in [5, 5.41) is 12.3. The van der Waals surface area contributed by atoms with Gasteiger partial charge < -0.3 is 10.2 Å². The van der Waals surface area contributed by atoms with Gasteiger partial charge in [-0.15, -0.1) is 0 Å². The second-order valence-corrected chi connectivity index (χ2v) is 5.80. The average Bonchev–Trinajstić information content (AvgIpc) is 2.52. The molecule has 21 heavy (non-hydrogen) atoms. The van der Waals surface area contributed by atoms with Crippen molar-refractivity contribution in [3.8, 4) is 6.07 Å². The van der Waals surface area contributed by atoms with Gasteiger partial charge in [-0.05, 0) is 43.6 Å². The van der Waals surface area contributed by atoms with Crippen molar-refractivity contribution in [3.05, 3.63) is 34.9 Å². The van der Waals surface area contributed by atoms with E-state index in [0.29, 0.717) is 18.0 Å². The number of nitrogens with one attached hydrogen (secondary N) is 1. The normalized spacial score (nSPS) is 16.4. The lowest BCUT2D eigenvalue weighted by Gasteiger charge is -2.30.